The van der Waals surface area contributed by atoms with E-state index >= 15 is 0 Å². The molecule has 1 aromatic heterocycles. The van der Waals surface area contributed by atoms with Crippen LogP contribution in [0.3, 0.4) is 0 Å². The Morgan fingerprint density at radius 1 is 1.44 bits per heavy atom. The fourth-order valence-corrected chi connectivity index (χ4v) is 1.62. The van der Waals surface area contributed by atoms with Crippen LogP contribution in [0.1, 0.15) is 38.8 Å². The number of nitrogens with two attached hydrogens (primary N) is 1. The van der Waals surface area contributed by atoms with Gasteiger partial charge in [-0.2, -0.15) is 0 Å². The zero-order valence-corrected chi connectivity index (χ0v) is 10.8. The Hall–Kier alpha value is -1.09. The molecule has 0 spiro atoms. The van der Waals surface area contributed by atoms with Crippen LogP contribution in [-0.2, 0) is 0 Å². The Morgan fingerprint density at radius 2 is 2.12 bits per heavy atom. The normalized spacial score (nSPS) is 14.6. The van der Waals surface area contributed by atoms with Crippen molar-refractivity contribution in [2.24, 2.45) is 11.7 Å². The van der Waals surface area contributed by atoms with Crippen LogP contribution in [-0.4, -0.2) is 18.6 Å². The smallest absolute Gasteiger partial charge is 0.128 e. The van der Waals surface area contributed by atoms with Crippen molar-refractivity contribution in [1.29, 1.82) is 0 Å². The predicted octanol–water partition coefficient (Wildman–Crippen LogP) is 2.58. The van der Waals surface area contributed by atoms with Crippen molar-refractivity contribution >= 4 is 5.82 Å². The summed E-state index contributed by atoms with van der Waals surface area (Å²) in [6.45, 7) is 7.50. The van der Waals surface area contributed by atoms with Crippen molar-refractivity contribution in [2.75, 3.05) is 18.5 Å². The van der Waals surface area contributed by atoms with Gasteiger partial charge in [-0.05, 0) is 30.5 Å². The monoisotopic (exact) mass is 221 g/mol. The van der Waals surface area contributed by atoms with Gasteiger partial charge in [0.2, 0.25) is 0 Å². The van der Waals surface area contributed by atoms with E-state index in [-0.39, 0.29) is 6.04 Å². The molecular weight excluding hydrogens is 198 g/mol. The van der Waals surface area contributed by atoms with Gasteiger partial charge < -0.3 is 10.6 Å². The molecule has 0 radical (unpaired) electrons. The van der Waals surface area contributed by atoms with Crippen LogP contribution >= 0.6 is 0 Å². The number of hydrogen-bond acceptors (Lipinski definition) is 3. The van der Waals surface area contributed by atoms with Gasteiger partial charge in [0.25, 0.3) is 0 Å². The molecule has 3 nitrogen and oxygen atoms in total. The number of pyridine rings is 1. The molecule has 0 aliphatic rings. The number of anilines is 1. The molecule has 0 bridgehead atoms. The van der Waals surface area contributed by atoms with Gasteiger partial charge in [0, 0.05) is 25.8 Å². The van der Waals surface area contributed by atoms with Crippen molar-refractivity contribution in [2.45, 2.75) is 33.2 Å². The average Bonchev–Trinajstić information content (AvgIpc) is 2.28. The zero-order chi connectivity index (χ0) is 12.1. The molecule has 0 aromatic carbocycles. The lowest BCUT2D eigenvalue weighted by Crippen LogP contribution is -2.24. The Labute approximate surface area is 98.7 Å². The van der Waals surface area contributed by atoms with Crippen molar-refractivity contribution in [3.63, 3.8) is 0 Å². The van der Waals surface area contributed by atoms with Crippen LogP contribution in [0.4, 0.5) is 5.82 Å². The standard InChI is InChI=1S/C13H23N3/c1-5-10(2)9-16(4)13-8-12(11(3)14)6-7-15-13/h6-8,10-11H,5,9,14H2,1-4H3. The average molecular weight is 221 g/mol. The molecule has 1 rings (SSSR count). The third-order valence-electron chi connectivity index (χ3n) is 2.97. The van der Waals surface area contributed by atoms with Gasteiger partial charge in [0.1, 0.15) is 5.82 Å². The maximum atomic E-state index is 5.86. The topological polar surface area (TPSA) is 42.1 Å². The maximum absolute atomic E-state index is 5.86. The summed E-state index contributed by atoms with van der Waals surface area (Å²) in [5.41, 5.74) is 7.00. The van der Waals surface area contributed by atoms with Gasteiger partial charge >= 0.3 is 0 Å². The van der Waals surface area contributed by atoms with E-state index < -0.39 is 0 Å². The fourth-order valence-electron chi connectivity index (χ4n) is 1.62. The lowest BCUT2D eigenvalue weighted by atomic mass is 10.1. The Bertz CT molecular complexity index is 323. The number of hydrogen-bond donors (Lipinski definition) is 1. The molecule has 1 aromatic rings. The first kappa shape index (κ1) is 13.0. The van der Waals surface area contributed by atoms with Crippen LogP contribution < -0.4 is 10.6 Å². The molecule has 0 aliphatic heterocycles. The van der Waals surface area contributed by atoms with Crippen molar-refractivity contribution in [1.82, 2.24) is 4.98 Å². The summed E-state index contributed by atoms with van der Waals surface area (Å²) in [6, 6.07) is 4.12. The first-order valence-corrected chi connectivity index (χ1v) is 5.97. The molecule has 3 heteroatoms. The van der Waals surface area contributed by atoms with E-state index in [4.69, 9.17) is 5.73 Å². The second-order valence-corrected chi connectivity index (χ2v) is 4.63. The molecule has 16 heavy (non-hydrogen) atoms. The van der Waals surface area contributed by atoms with E-state index in [9.17, 15) is 0 Å². The van der Waals surface area contributed by atoms with Crippen LogP contribution in [0.25, 0.3) is 0 Å². The lowest BCUT2D eigenvalue weighted by molar-refractivity contribution is 0.557. The zero-order valence-electron chi connectivity index (χ0n) is 10.8. The molecule has 2 N–H and O–H groups in total. The van der Waals surface area contributed by atoms with Crippen LogP contribution in [0.2, 0.25) is 0 Å². The van der Waals surface area contributed by atoms with E-state index in [1.165, 1.54) is 6.42 Å². The highest BCUT2D eigenvalue weighted by molar-refractivity contribution is 5.40. The van der Waals surface area contributed by atoms with Gasteiger partial charge in [0.05, 0.1) is 0 Å². The van der Waals surface area contributed by atoms with Crippen LogP contribution in [0.5, 0.6) is 0 Å². The predicted molar refractivity (Wildman–Crippen MR) is 69.6 cm³/mol. The van der Waals surface area contributed by atoms with Crippen molar-refractivity contribution < 1.29 is 0 Å². The van der Waals surface area contributed by atoms with Crippen LogP contribution in [0.15, 0.2) is 18.3 Å². The van der Waals surface area contributed by atoms with E-state index in [0.29, 0.717) is 5.92 Å². The molecule has 0 fully saturated rings. The number of aromatic nitrogens is 1. The summed E-state index contributed by atoms with van der Waals surface area (Å²) in [4.78, 5) is 6.57. The molecular formula is C13H23N3. The SMILES string of the molecule is CCC(C)CN(C)c1cc(C(C)N)ccn1. The molecule has 1 heterocycles. The lowest BCUT2D eigenvalue weighted by Gasteiger charge is -2.22. The minimum absolute atomic E-state index is 0.0683. The van der Waals surface area contributed by atoms with Gasteiger partial charge in [-0.25, -0.2) is 4.98 Å². The second kappa shape index (κ2) is 5.85. The molecule has 0 amide bonds. The summed E-state index contributed by atoms with van der Waals surface area (Å²) >= 11 is 0. The first-order valence-electron chi connectivity index (χ1n) is 5.97. The van der Waals surface area contributed by atoms with Gasteiger partial charge in [-0.1, -0.05) is 20.3 Å². The van der Waals surface area contributed by atoms with E-state index in [1.807, 2.05) is 19.2 Å². The quantitative estimate of drug-likeness (QED) is 0.831. The van der Waals surface area contributed by atoms with E-state index in [2.05, 4.69) is 36.8 Å². The second-order valence-electron chi connectivity index (χ2n) is 4.63. The van der Waals surface area contributed by atoms with Gasteiger partial charge in [-0.3, -0.25) is 0 Å². The largest absolute Gasteiger partial charge is 0.359 e. The summed E-state index contributed by atoms with van der Waals surface area (Å²) in [5, 5.41) is 0. The molecule has 90 valence electrons. The summed E-state index contributed by atoms with van der Waals surface area (Å²) < 4.78 is 0. The molecule has 2 unspecified atom stereocenters. The molecule has 0 saturated carbocycles. The Morgan fingerprint density at radius 3 is 2.69 bits per heavy atom. The fraction of sp³-hybridized carbons (Fsp3) is 0.615. The minimum Gasteiger partial charge on any atom is -0.359 e. The Kier molecular flexibility index (Phi) is 4.74. The molecule has 0 saturated heterocycles. The Balaban J connectivity index is 2.75. The number of rotatable bonds is 5. The summed E-state index contributed by atoms with van der Waals surface area (Å²) in [5.74, 6) is 1.70. The van der Waals surface area contributed by atoms with Crippen molar-refractivity contribution in [3.05, 3.63) is 23.9 Å². The number of nitrogens with zero attached hydrogens (tertiary/aromatic N) is 2. The van der Waals surface area contributed by atoms with Gasteiger partial charge in [-0.15, -0.1) is 0 Å². The minimum atomic E-state index is 0.0683. The maximum Gasteiger partial charge on any atom is 0.128 e. The highest BCUT2D eigenvalue weighted by Gasteiger charge is 2.08. The third kappa shape index (κ3) is 3.49. The van der Waals surface area contributed by atoms with Crippen molar-refractivity contribution in [3.8, 4) is 0 Å². The van der Waals surface area contributed by atoms with E-state index in [1.54, 1.807) is 0 Å². The van der Waals surface area contributed by atoms with Gasteiger partial charge in [0.15, 0.2) is 0 Å². The third-order valence-corrected chi connectivity index (χ3v) is 2.97. The van der Waals surface area contributed by atoms with Crippen LogP contribution in [0, 0.1) is 5.92 Å². The molecule has 2 atom stereocenters. The first-order chi connectivity index (χ1) is 7.54. The highest BCUT2D eigenvalue weighted by atomic mass is 15.2. The highest BCUT2D eigenvalue weighted by Crippen LogP contribution is 2.17. The van der Waals surface area contributed by atoms with E-state index in [0.717, 1.165) is 17.9 Å². The summed E-state index contributed by atoms with van der Waals surface area (Å²) in [6.07, 6.45) is 3.03. The molecule has 0 aliphatic carbocycles. The summed E-state index contributed by atoms with van der Waals surface area (Å²) in [7, 11) is 2.08.